The maximum Gasteiger partial charge on any atom is 0.230 e. The second-order valence-electron chi connectivity index (χ2n) is 7.84. The van der Waals surface area contributed by atoms with Crippen LogP contribution in [0, 0.1) is 6.92 Å². The van der Waals surface area contributed by atoms with Gasteiger partial charge in [0.15, 0.2) is 11.0 Å². The van der Waals surface area contributed by atoms with Crippen LogP contribution < -0.4 is 5.32 Å². The molecule has 7 nitrogen and oxygen atoms in total. The predicted octanol–water partition coefficient (Wildman–Crippen LogP) is 2.59. The Morgan fingerprint density at radius 2 is 1.97 bits per heavy atom. The first kappa shape index (κ1) is 21.8. The number of morpholine rings is 1. The molecule has 158 valence electrons. The molecule has 0 radical (unpaired) electrons. The van der Waals surface area contributed by atoms with Crippen LogP contribution in [0.3, 0.4) is 0 Å². The monoisotopic (exact) mass is 417 g/mol. The Balaban J connectivity index is 1.57. The zero-order valence-electron chi connectivity index (χ0n) is 17.8. The highest BCUT2D eigenvalue weighted by molar-refractivity contribution is 7.99. The van der Waals surface area contributed by atoms with Crippen molar-refractivity contribution in [2.24, 2.45) is 0 Å². The third kappa shape index (κ3) is 5.38. The maximum absolute atomic E-state index is 12.4. The van der Waals surface area contributed by atoms with Crippen molar-refractivity contribution >= 4 is 17.7 Å². The number of carbonyl (C=O) groups is 1. The minimum atomic E-state index is -0.0917. The molecule has 8 heteroatoms. The molecule has 1 amide bonds. The number of nitrogens with zero attached hydrogens (tertiary/aromatic N) is 4. The minimum absolute atomic E-state index is 0.0134. The summed E-state index contributed by atoms with van der Waals surface area (Å²) in [6.45, 7) is 13.1. The highest BCUT2D eigenvalue weighted by Crippen LogP contribution is 2.26. The molecule has 3 rings (SSSR count). The summed E-state index contributed by atoms with van der Waals surface area (Å²) in [7, 11) is 0. The van der Waals surface area contributed by atoms with Crippen molar-refractivity contribution in [2.75, 3.05) is 38.6 Å². The van der Waals surface area contributed by atoms with E-state index >= 15 is 0 Å². The van der Waals surface area contributed by atoms with E-state index in [1.165, 1.54) is 11.8 Å². The van der Waals surface area contributed by atoms with E-state index in [9.17, 15) is 4.79 Å². The standard InChI is InChI=1S/C21H31N5O2S/c1-5-26-19(17-9-7-6-8-16(17)2)23-24-20(26)29-14-18(27)22-15-21(3,4)25-10-12-28-13-11-25/h6-9H,5,10-15H2,1-4H3,(H,22,27). The number of carbonyl (C=O) groups excluding carboxylic acids is 1. The molecule has 1 aromatic heterocycles. The molecule has 1 aliphatic rings. The normalized spacial score (nSPS) is 15.4. The zero-order valence-corrected chi connectivity index (χ0v) is 18.6. The fourth-order valence-electron chi connectivity index (χ4n) is 3.48. The van der Waals surface area contributed by atoms with Crippen molar-refractivity contribution in [2.45, 2.75) is 44.9 Å². The maximum atomic E-state index is 12.4. The van der Waals surface area contributed by atoms with Crippen LogP contribution >= 0.6 is 11.8 Å². The van der Waals surface area contributed by atoms with E-state index in [-0.39, 0.29) is 11.4 Å². The lowest BCUT2D eigenvalue weighted by atomic mass is 10.0. The summed E-state index contributed by atoms with van der Waals surface area (Å²) in [5.74, 6) is 1.19. The Bertz CT molecular complexity index is 830. The fraction of sp³-hybridized carbons (Fsp3) is 0.571. The quantitative estimate of drug-likeness (QED) is 0.666. The average molecular weight is 418 g/mol. The number of aromatic nitrogens is 3. The van der Waals surface area contributed by atoms with Gasteiger partial charge in [-0.25, -0.2) is 0 Å². The van der Waals surface area contributed by atoms with Gasteiger partial charge in [-0.2, -0.15) is 0 Å². The number of amides is 1. The first-order valence-electron chi connectivity index (χ1n) is 10.1. The number of nitrogens with one attached hydrogen (secondary N) is 1. The van der Waals surface area contributed by atoms with Crippen molar-refractivity contribution < 1.29 is 9.53 Å². The first-order valence-corrected chi connectivity index (χ1v) is 11.1. The van der Waals surface area contributed by atoms with Gasteiger partial charge in [0.1, 0.15) is 0 Å². The number of hydrogen-bond acceptors (Lipinski definition) is 6. The van der Waals surface area contributed by atoms with E-state index in [1.807, 2.05) is 12.1 Å². The van der Waals surface area contributed by atoms with E-state index in [2.05, 4.69) is 64.8 Å². The molecule has 1 aliphatic heterocycles. The smallest absolute Gasteiger partial charge is 0.230 e. The largest absolute Gasteiger partial charge is 0.379 e. The molecule has 0 aliphatic carbocycles. The second kappa shape index (κ2) is 9.73. The highest BCUT2D eigenvalue weighted by atomic mass is 32.2. The Hall–Kier alpha value is -1.90. The Kier molecular flexibility index (Phi) is 7.32. The van der Waals surface area contributed by atoms with Gasteiger partial charge in [-0.15, -0.1) is 10.2 Å². The number of ether oxygens (including phenoxy) is 1. The topological polar surface area (TPSA) is 72.3 Å². The van der Waals surface area contributed by atoms with Gasteiger partial charge in [-0.3, -0.25) is 9.69 Å². The molecule has 1 fully saturated rings. The van der Waals surface area contributed by atoms with Crippen LogP contribution in [0.25, 0.3) is 11.4 Å². The third-order valence-corrected chi connectivity index (χ3v) is 6.30. The van der Waals surface area contributed by atoms with Crippen LogP contribution in [-0.4, -0.2) is 69.7 Å². The van der Waals surface area contributed by atoms with Crippen molar-refractivity contribution in [3.05, 3.63) is 29.8 Å². The van der Waals surface area contributed by atoms with Gasteiger partial charge >= 0.3 is 0 Å². The average Bonchev–Trinajstić information content (AvgIpc) is 3.14. The summed E-state index contributed by atoms with van der Waals surface area (Å²) in [6, 6.07) is 8.15. The van der Waals surface area contributed by atoms with Crippen LogP contribution in [-0.2, 0) is 16.1 Å². The Morgan fingerprint density at radius 1 is 1.24 bits per heavy atom. The van der Waals surface area contributed by atoms with Crippen LogP contribution in [0.5, 0.6) is 0 Å². The van der Waals surface area contributed by atoms with Crippen molar-refractivity contribution in [3.63, 3.8) is 0 Å². The zero-order chi connectivity index (χ0) is 20.9. The van der Waals surface area contributed by atoms with Crippen LogP contribution in [0.1, 0.15) is 26.3 Å². The SMILES string of the molecule is CCn1c(SCC(=O)NCC(C)(C)N2CCOCC2)nnc1-c1ccccc1C. The Labute approximate surface area is 177 Å². The number of hydrogen-bond donors (Lipinski definition) is 1. The van der Waals surface area contributed by atoms with E-state index < -0.39 is 0 Å². The van der Waals surface area contributed by atoms with E-state index in [4.69, 9.17) is 4.74 Å². The predicted molar refractivity (Wildman–Crippen MR) is 116 cm³/mol. The molecule has 0 atom stereocenters. The first-order chi connectivity index (χ1) is 13.9. The second-order valence-corrected chi connectivity index (χ2v) is 8.79. The molecule has 2 heterocycles. The van der Waals surface area contributed by atoms with E-state index in [1.54, 1.807) is 0 Å². The fourth-order valence-corrected chi connectivity index (χ4v) is 4.31. The molecular formula is C21H31N5O2S. The van der Waals surface area contributed by atoms with Gasteiger partial charge in [0.2, 0.25) is 5.91 Å². The van der Waals surface area contributed by atoms with Crippen LogP contribution in [0.2, 0.25) is 0 Å². The van der Waals surface area contributed by atoms with Crippen molar-refractivity contribution in [3.8, 4) is 11.4 Å². The number of aryl methyl sites for hydroxylation is 1. The molecule has 0 saturated carbocycles. The van der Waals surface area contributed by atoms with Crippen LogP contribution in [0.15, 0.2) is 29.4 Å². The molecule has 2 aromatic rings. The molecule has 0 spiro atoms. The lowest BCUT2D eigenvalue weighted by Crippen LogP contribution is -2.55. The lowest BCUT2D eigenvalue weighted by Gasteiger charge is -2.40. The van der Waals surface area contributed by atoms with E-state index in [0.717, 1.165) is 55.0 Å². The number of rotatable bonds is 8. The lowest BCUT2D eigenvalue weighted by molar-refractivity contribution is -0.119. The van der Waals surface area contributed by atoms with Gasteiger partial charge in [0, 0.05) is 37.3 Å². The Morgan fingerprint density at radius 3 is 2.66 bits per heavy atom. The van der Waals surface area contributed by atoms with Gasteiger partial charge in [0.05, 0.1) is 19.0 Å². The van der Waals surface area contributed by atoms with Gasteiger partial charge in [0.25, 0.3) is 0 Å². The van der Waals surface area contributed by atoms with Gasteiger partial charge < -0.3 is 14.6 Å². The summed E-state index contributed by atoms with van der Waals surface area (Å²) in [4.78, 5) is 14.8. The third-order valence-electron chi connectivity index (χ3n) is 5.34. The number of thioether (sulfide) groups is 1. The number of benzene rings is 1. The van der Waals surface area contributed by atoms with Crippen LogP contribution in [0.4, 0.5) is 0 Å². The van der Waals surface area contributed by atoms with Gasteiger partial charge in [-0.1, -0.05) is 36.0 Å². The summed E-state index contributed by atoms with van der Waals surface area (Å²) in [6.07, 6.45) is 0. The molecule has 1 saturated heterocycles. The summed E-state index contributed by atoms with van der Waals surface area (Å²) < 4.78 is 7.49. The minimum Gasteiger partial charge on any atom is -0.379 e. The van der Waals surface area contributed by atoms with Crippen molar-refractivity contribution in [1.82, 2.24) is 25.0 Å². The molecule has 0 bridgehead atoms. The molecular weight excluding hydrogens is 386 g/mol. The summed E-state index contributed by atoms with van der Waals surface area (Å²) in [5.41, 5.74) is 2.14. The highest BCUT2D eigenvalue weighted by Gasteiger charge is 2.28. The molecule has 1 aromatic carbocycles. The van der Waals surface area contributed by atoms with Gasteiger partial charge in [-0.05, 0) is 33.3 Å². The van der Waals surface area contributed by atoms with E-state index in [0.29, 0.717) is 12.3 Å². The summed E-state index contributed by atoms with van der Waals surface area (Å²) >= 11 is 1.43. The molecule has 0 unspecified atom stereocenters. The molecule has 29 heavy (non-hydrogen) atoms. The van der Waals surface area contributed by atoms with Crippen molar-refractivity contribution in [1.29, 1.82) is 0 Å². The summed E-state index contributed by atoms with van der Waals surface area (Å²) in [5, 5.41) is 12.6. The molecule has 1 N–H and O–H groups in total.